The molecule has 8 heteroatoms. The molecule has 3 aromatic heterocycles. The van der Waals surface area contributed by atoms with Crippen LogP contribution < -0.4 is 16.8 Å². The molecule has 1 saturated carbocycles. The van der Waals surface area contributed by atoms with Crippen molar-refractivity contribution >= 4 is 33.9 Å². The Bertz CT molecular complexity index is 1190. The first-order chi connectivity index (χ1) is 13.6. The maximum absolute atomic E-state index is 6.26. The number of fused-ring (bicyclic) bond motifs is 1. The number of nitrogen functional groups attached to an aromatic ring is 2. The molecule has 0 aliphatic heterocycles. The molecule has 0 atom stereocenters. The molecule has 0 unspecified atom stereocenters. The van der Waals surface area contributed by atoms with Gasteiger partial charge < -0.3 is 16.8 Å². The molecule has 0 amide bonds. The lowest BCUT2D eigenvalue weighted by Gasteiger charge is -2.11. The van der Waals surface area contributed by atoms with Gasteiger partial charge in [-0.15, -0.1) is 0 Å². The number of benzene rings is 1. The minimum Gasteiger partial charge on any atom is -0.398 e. The van der Waals surface area contributed by atoms with Crippen LogP contribution in [0.5, 0.6) is 0 Å². The largest absolute Gasteiger partial charge is 0.398 e. The van der Waals surface area contributed by atoms with E-state index in [1.807, 2.05) is 29.9 Å². The van der Waals surface area contributed by atoms with E-state index in [1.54, 1.807) is 24.8 Å². The molecule has 0 bridgehead atoms. The fourth-order valence-corrected chi connectivity index (χ4v) is 3.28. The van der Waals surface area contributed by atoms with Gasteiger partial charge in [0, 0.05) is 35.2 Å². The summed E-state index contributed by atoms with van der Waals surface area (Å²) in [5.41, 5.74) is 18.0. The van der Waals surface area contributed by atoms with E-state index in [4.69, 9.17) is 11.5 Å². The Morgan fingerprint density at radius 2 is 1.93 bits per heavy atom. The Kier molecular flexibility index (Phi) is 3.65. The van der Waals surface area contributed by atoms with Gasteiger partial charge in [-0.1, -0.05) is 0 Å². The molecular formula is C20H20N8. The van der Waals surface area contributed by atoms with Crippen LogP contribution in [0.1, 0.15) is 24.4 Å². The Balaban J connectivity index is 1.53. The van der Waals surface area contributed by atoms with Crippen LogP contribution >= 0.6 is 0 Å². The Labute approximate surface area is 161 Å². The van der Waals surface area contributed by atoms with E-state index >= 15 is 0 Å². The molecule has 1 aliphatic rings. The van der Waals surface area contributed by atoms with E-state index in [2.05, 4.69) is 25.4 Å². The molecule has 3 heterocycles. The van der Waals surface area contributed by atoms with Gasteiger partial charge >= 0.3 is 0 Å². The van der Waals surface area contributed by atoms with Crippen LogP contribution in [0.2, 0.25) is 0 Å². The van der Waals surface area contributed by atoms with Gasteiger partial charge in [0.05, 0.1) is 35.3 Å². The summed E-state index contributed by atoms with van der Waals surface area (Å²) in [5.74, 6) is 0.502. The summed E-state index contributed by atoms with van der Waals surface area (Å²) >= 11 is 0. The molecule has 5 N–H and O–H groups in total. The molecule has 28 heavy (non-hydrogen) atoms. The number of aromatic nitrogens is 5. The second-order valence-electron chi connectivity index (χ2n) is 7.16. The first-order valence-corrected chi connectivity index (χ1v) is 9.16. The molecule has 1 aromatic carbocycles. The summed E-state index contributed by atoms with van der Waals surface area (Å²) in [6.07, 6.45) is 11.3. The van der Waals surface area contributed by atoms with E-state index in [9.17, 15) is 0 Å². The highest BCUT2D eigenvalue weighted by atomic mass is 15.3. The third-order valence-electron chi connectivity index (χ3n) is 5.08. The zero-order chi connectivity index (χ0) is 19.3. The van der Waals surface area contributed by atoms with Gasteiger partial charge in [0.2, 0.25) is 5.95 Å². The average Bonchev–Trinajstić information content (AvgIpc) is 3.43. The Morgan fingerprint density at radius 1 is 1.07 bits per heavy atom. The van der Waals surface area contributed by atoms with Crippen LogP contribution in [0.4, 0.5) is 23.0 Å². The Hall–Kier alpha value is -3.68. The summed E-state index contributed by atoms with van der Waals surface area (Å²) in [4.78, 5) is 13.2. The van der Waals surface area contributed by atoms with E-state index in [0.717, 1.165) is 33.3 Å². The first kappa shape index (κ1) is 16.5. The number of anilines is 4. The summed E-state index contributed by atoms with van der Waals surface area (Å²) < 4.78 is 1.98. The van der Waals surface area contributed by atoms with Gasteiger partial charge in [0.15, 0.2) is 0 Å². The maximum atomic E-state index is 6.26. The molecule has 1 aliphatic carbocycles. The monoisotopic (exact) mass is 372 g/mol. The van der Waals surface area contributed by atoms with Crippen LogP contribution in [0.3, 0.4) is 0 Å². The number of hydrogen-bond acceptors (Lipinski definition) is 7. The molecule has 4 aromatic rings. The van der Waals surface area contributed by atoms with Gasteiger partial charge in [-0.05, 0) is 43.0 Å². The number of rotatable bonds is 4. The number of nitrogens with one attached hydrogen (secondary N) is 1. The van der Waals surface area contributed by atoms with Gasteiger partial charge in [-0.2, -0.15) is 5.10 Å². The second kappa shape index (κ2) is 6.19. The lowest BCUT2D eigenvalue weighted by atomic mass is 10.00. The van der Waals surface area contributed by atoms with Gasteiger partial charge in [0.25, 0.3) is 0 Å². The van der Waals surface area contributed by atoms with Crippen LogP contribution in [0.25, 0.3) is 22.0 Å². The van der Waals surface area contributed by atoms with Crippen LogP contribution in [0, 0.1) is 6.92 Å². The molecule has 0 saturated heterocycles. The van der Waals surface area contributed by atoms with Gasteiger partial charge in [0.1, 0.15) is 0 Å². The van der Waals surface area contributed by atoms with Crippen molar-refractivity contribution in [3.63, 3.8) is 0 Å². The number of nitrogens with two attached hydrogens (primary N) is 2. The predicted octanol–water partition coefficient (Wildman–Crippen LogP) is 3.44. The zero-order valence-corrected chi connectivity index (χ0v) is 15.4. The van der Waals surface area contributed by atoms with E-state index in [-0.39, 0.29) is 0 Å². The summed E-state index contributed by atoms with van der Waals surface area (Å²) in [6, 6.07) is 4.42. The van der Waals surface area contributed by atoms with Crippen LogP contribution in [-0.4, -0.2) is 24.7 Å². The second-order valence-corrected chi connectivity index (χ2v) is 7.16. The Morgan fingerprint density at radius 3 is 2.75 bits per heavy atom. The number of nitrogens with zero attached hydrogens (tertiary/aromatic N) is 5. The topological polar surface area (TPSA) is 121 Å². The summed E-state index contributed by atoms with van der Waals surface area (Å²) in [5, 5.41) is 8.41. The van der Waals surface area contributed by atoms with E-state index < -0.39 is 0 Å². The van der Waals surface area contributed by atoms with Gasteiger partial charge in [-0.25, -0.2) is 9.97 Å². The highest BCUT2D eigenvalue weighted by Gasteiger charge is 2.24. The fraction of sp³-hybridized carbons (Fsp3) is 0.200. The number of pyridine rings is 1. The molecular weight excluding hydrogens is 352 g/mol. The number of hydrogen-bond donors (Lipinski definition) is 3. The zero-order valence-electron chi connectivity index (χ0n) is 15.4. The van der Waals surface area contributed by atoms with Crippen LogP contribution in [0.15, 0.2) is 43.1 Å². The van der Waals surface area contributed by atoms with Crippen molar-refractivity contribution in [3.8, 4) is 11.1 Å². The normalized spacial score (nSPS) is 13.8. The third-order valence-corrected chi connectivity index (χ3v) is 5.08. The first-order valence-electron chi connectivity index (χ1n) is 9.16. The highest BCUT2D eigenvalue weighted by Crippen LogP contribution is 2.35. The standard InChI is InChI=1S/C20H20N8/c1-11-15(7-23-9-18(11)22)12-4-17(21)16-8-24-20(27-19(16)5-12)26-13-6-25-28(10-13)14-2-3-14/h4-10,14H,2-3,21-22H2,1H3,(H,24,26,27). The molecule has 1 fully saturated rings. The minimum atomic E-state index is 0.502. The van der Waals surface area contributed by atoms with Crippen molar-refractivity contribution in [2.45, 2.75) is 25.8 Å². The molecule has 8 nitrogen and oxygen atoms in total. The molecule has 0 radical (unpaired) electrons. The minimum absolute atomic E-state index is 0.502. The third kappa shape index (κ3) is 2.88. The van der Waals surface area contributed by atoms with Crippen molar-refractivity contribution in [2.24, 2.45) is 0 Å². The van der Waals surface area contributed by atoms with Crippen molar-refractivity contribution in [3.05, 3.63) is 48.7 Å². The van der Waals surface area contributed by atoms with E-state index in [0.29, 0.717) is 23.4 Å². The van der Waals surface area contributed by atoms with Crippen molar-refractivity contribution in [1.29, 1.82) is 0 Å². The maximum Gasteiger partial charge on any atom is 0.227 e. The molecule has 140 valence electrons. The van der Waals surface area contributed by atoms with Gasteiger partial charge in [-0.3, -0.25) is 9.67 Å². The SMILES string of the molecule is Cc1c(N)cncc1-c1cc(N)c2cnc(Nc3cnn(C4CC4)c3)nc2c1. The fourth-order valence-electron chi connectivity index (χ4n) is 3.28. The summed E-state index contributed by atoms with van der Waals surface area (Å²) in [6.45, 7) is 1.97. The smallest absolute Gasteiger partial charge is 0.227 e. The van der Waals surface area contributed by atoms with Crippen LogP contribution in [-0.2, 0) is 0 Å². The lowest BCUT2D eigenvalue weighted by Crippen LogP contribution is -1.99. The van der Waals surface area contributed by atoms with Crippen molar-refractivity contribution in [1.82, 2.24) is 24.7 Å². The van der Waals surface area contributed by atoms with Crippen molar-refractivity contribution in [2.75, 3.05) is 16.8 Å². The highest BCUT2D eigenvalue weighted by molar-refractivity contribution is 5.95. The molecule has 0 spiro atoms. The quantitative estimate of drug-likeness (QED) is 0.469. The molecule has 5 rings (SSSR count). The lowest BCUT2D eigenvalue weighted by molar-refractivity contribution is 0.642. The predicted molar refractivity (Wildman–Crippen MR) is 110 cm³/mol. The van der Waals surface area contributed by atoms with Crippen molar-refractivity contribution < 1.29 is 0 Å². The van der Waals surface area contributed by atoms with E-state index in [1.165, 1.54) is 12.8 Å². The average molecular weight is 372 g/mol. The summed E-state index contributed by atoms with van der Waals surface area (Å²) in [7, 11) is 0.